The third-order valence-corrected chi connectivity index (χ3v) is 11.6. The number of carbonyl (C=O) groups excluding carboxylic acids is 2. The van der Waals surface area contributed by atoms with Crippen LogP contribution < -0.4 is 0 Å². The first-order valence-corrected chi connectivity index (χ1v) is 15.2. The molecule has 0 amide bonds. The minimum Gasteiger partial charge on any atom is -0.458 e. The van der Waals surface area contributed by atoms with Crippen molar-refractivity contribution in [3.05, 3.63) is 59.7 Å². The Balaban J connectivity index is 1.67. The average molecular weight is 581 g/mol. The zero-order chi connectivity index (χ0) is 30.4. The van der Waals surface area contributed by atoms with Crippen molar-refractivity contribution < 1.29 is 38.7 Å². The minimum absolute atomic E-state index is 0.0290. The van der Waals surface area contributed by atoms with Crippen LogP contribution in [0.5, 0.6) is 0 Å². The van der Waals surface area contributed by atoms with Crippen LogP contribution in [0.25, 0.3) is 0 Å². The van der Waals surface area contributed by atoms with Crippen LogP contribution in [0, 0.1) is 28.6 Å². The van der Waals surface area contributed by atoms with Gasteiger partial charge in [0.25, 0.3) is 0 Å². The molecule has 4 fully saturated rings. The van der Waals surface area contributed by atoms with E-state index < -0.39 is 64.5 Å². The molecule has 5 aliphatic rings. The maximum atomic E-state index is 14.0. The number of hydrogen-bond acceptors (Lipinski definition) is 8. The van der Waals surface area contributed by atoms with Crippen LogP contribution in [0.4, 0.5) is 0 Å². The fourth-order valence-corrected chi connectivity index (χ4v) is 9.89. The molecule has 0 radical (unpaired) electrons. The Kier molecular flexibility index (Phi) is 6.86. The van der Waals surface area contributed by atoms with Gasteiger partial charge in [0.05, 0.1) is 34.9 Å². The lowest BCUT2D eigenvalue weighted by Crippen LogP contribution is -2.75. The van der Waals surface area contributed by atoms with Gasteiger partial charge in [0.1, 0.15) is 11.7 Å². The zero-order valence-electron chi connectivity index (χ0n) is 25.5. The molecule has 3 saturated carbocycles. The Labute approximate surface area is 248 Å². The normalized spacial score (nSPS) is 44.1. The molecule has 11 atom stereocenters. The van der Waals surface area contributed by atoms with Crippen LogP contribution in [0.2, 0.25) is 0 Å². The third-order valence-electron chi connectivity index (χ3n) is 11.6. The molecule has 1 heterocycles. The number of aliphatic hydroxyl groups excluding tert-OH is 1. The van der Waals surface area contributed by atoms with E-state index in [1.165, 1.54) is 6.92 Å². The van der Waals surface area contributed by atoms with Gasteiger partial charge >= 0.3 is 11.9 Å². The maximum Gasteiger partial charge on any atom is 0.338 e. The molecule has 1 saturated heterocycles. The van der Waals surface area contributed by atoms with Crippen LogP contribution in [0.1, 0.15) is 77.6 Å². The Bertz CT molecular complexity index is 1310. The van der Waals surface area contributed by atoms with Gasteiger partial charge in [0.15, 0.2) is 6.29 Å². The lowest BCUT2D eigenvalue weighted by molar-refractivity contribution is -0.361. The third kappa shape index (κ3) is 3.81. The summed E-state index contributed by atoms with van der Waals surface area (Å²) in [4.78, 5) is 26.8. The molecular weight excluding hydrogens is 536 g/mol. The van der Waals surface area contributed by atoms with Crippen LogP contribution >= 0.6 is 0 Å². The molecule has 0 aromatic heterocycles. The summed E-state index contributed by atoms with van der Waals surface area (Å²) in [5.74, 6) is -1.85. The van der Waals surface area contributed by atoms with E-state index in [1.807, 2.05) is 13.0 Å². The van der Waals surface area contributed by atoms with E-state index >= 15 is 0 Å². The summed E-state index contributed by atoms with van der Waals surface area (Å²) < 4.78 is 26.3. The van der Waals surface area contributed by atoms with Crippen LogP contribution in [0.3, 0.4) is 0 Å². The molecular formula is C34H44O8. The van der Waals surface area contributed by atoms with Crippen molar-refractivity contribution in [3.8, 4) is 0 Å². The average Bonchev–Trinajstić information content (AvgIpc) is 3.17. The number of hydrogen-bond donors (Lipinski definition) is 2. The van der Waals surface area contributed by atoms with Gasteiger partial charge in [-0.25, -0.2) is 4.79 Å². The summed E-state index contributed by atoms with van der Waals surface area (Å²) in [6.45, 7) is 14.9. The zero-order valence-corrected chi connectivity index (χ0v) is 25.5. The molecule has 0 spiro atoms. The van der Waals surface area contributed by atoms with Gasteiger partial charge in [-0.3, -0.25) is 4.79 Å². The van der Waals surface area contributed by atoms with Crippen LogP contribution in [-0.2, 0) is 23.7 Å². The highest BCUT2D eigenvalue weighted by molar-refractivity contribution is 5.89. The number of fused-ring (bicyclic) bond motifs is 3. The van der Waals surface area contributed by atoms with E-state index in [1.54, 1.807) is 44.2 Å². The lowest BCUT2D eigenvalue weighted by atomic mass is 9.43. The Morgan fingerprint density at radius 3 is 2.45 bits per heavy atom. The molecule has 4 aliphatic carbocycles. The summed E-state index contributed by atoms with van der Waals surface area (Å²) >= 11 is 0. The van der Waals surface area contributed by atoms with Gasteiger partial charge < -0.3 is 29.2 Å². The van der Waals surface area contributed by atoms with E-state index in [2.05, 4.69) is 20.4 Å². The topological polar surface area (TPSA) is 112 Å². The second-order valence-corrected chi connectivity index (χ2v) is 14.0. The van der Waals surface area contributed by atoms with Crippen molar-refractivity contribution in [2.24, 2.45) is 28.6 Å². The molecule has 8 heteroatoms. The minimum atomic E-state index is -1.44. The van der Waals surface area contributed by atoms with E-state index in [-0.39, 0.29) is 24.4 Å². The maximum absolute atomic E-state index is 14.0. The quantitative estimate of drug-likeness (QED) is 0.380. The summed E-state index contributed by atoms with van der Waals surface area (Å²) in [5.41, 5.74) is -2.41. The molecule has 1 aliphatic heterocycles. The van der Waals surface area contributed by atoms with Gasteiger partial charge in [-0.15, -0.1) is 0 Å². The monoisotopic (exact) mass is 580 g/mol. The molecule has 228 valence electrons. The first-order valence-electron chi connectivity index (χ1n) is 15.2. The highest BCUT2D eigenvalue weighted by Gasteiger charge is 2.79. The number of esters is 2. The van der Waals surface area contributed by atoms with Gasteiger partial charge in [-0.05, 0) is 70.2 Å². The van der Waals surface area contributed by atoms with Crippen molar-refractivity contribution in [3.63, 3.8) is 0 Å². The summed E-state index contributed by atoms with van der Waals surface area (Å²) in [5, 5.41) is 23.7. The number of carbonyl (C=O) groups is 2. The number of aliphatic hydroxyl groups is 2. The number of benzene rings is 1. The molecule has 1 aromatic rings. The molecule has 42 heavy (non-hydrogen) atoms. The van der Waals surface area contributed by atoms with Crippen molar-refractivity contribution in [2.45, 2.75) is 109 Å². The van der Waals surface area contributed by atoms with Crippen molar-refractivity contribution in [2.75, 3.05) is 0 Å². The fraction of sp³-hybridized carbons (Fsp3) is 0.647. The number of rotatable bonds is 5. The Hall–Kier alpha value is -2.52. The largest absolute Gasteiger partial charge is 0.458 e. The highest BCUT2D eigenvalue weighted by Crippen LogP contribution is 2.72. The lowest BCUT2D eigenvalue weighted by Gasteiger charge is -2.68. The first kappa shape index (κ1) is 29.5. The van der Waals surface area contributed by atoms with Gasteiger partial charge in [-0.2, -0.15) is 0 Å². The Morgan fingerprint density at radius 2 is 1.88 bits per heavy atom. The van der Waals surface area contributed by atoms with Crippen LogP contribution in [-0.4, -0.2) is 64.1 Å². The van der Waals surface area contributed by atoms with Crippen molar-refractivity contribution in [1.82, 2.24) is 0 Å². The SMILES string of the molecule is C=C[C@H]1OC2[C@@H](C)C3=C(C)[C@@H](O)C[C@@]3(C(C)(C)O)[C@@H](OC(=O)c3ccccc3)[C@@H]3[C@]4(OC(C)=O)CC[C@@H]4C[C@H](O1)[C@@]23C. The summed E-state index contributed by atoms with van der Waals surface area (Å²) in [7, 11) is 0. The molecule has 1 aromatic carbocycles. The van der Waals surface area contributed by atoms with Crippen LogP contribution in [0.15, 0.2) is 54.1 Å². The Morgan fingerprint density at radius 1 is 1.19 bits per heavy atom. The predicted molar refractivity (Wildman–Crippen MR) is 154 cm³/mol. The second kappa shape index (κ2) is 9.74. The smallest absolute Gasteiger partial charge is 0.338 e. The van der Waals surface area contributed by atoms with E-state index in [0.29, 0.717) is 18.4 Å². The van der Waals surface area contributed by atoms with Gasteiger partial charge in [-0.1, -0.05) is 44.2 Å². The van der Waals surface area contributed by atoms with E-state index in [9.17, 15) is 19.8 Å². The van der Waals surface area contributed by atoms with Crippen molar-refractivity contribution in [1.29, 1.82) is 0 Å². The first-order chi connectivity index (χ1) is 19.7. The van der Waals surface area contributed by atoms with E-state index in [0.717, 1.165) is 17.6 Å². The predicted octanol–water partition coefficient (Wildman–Crippen LogP) is 4.73. The van der Waals surface area contributed by atoms with E-state index in [4.69, 9.17) is 18.9 Å². The standard InChI is InChI=1S/C34H44O8/c1-8-25-39-24-16-22-14-15-34(22,42-20(4)35)27-29(41-30(37)21-12-10-9-11-13-21)33(31(5,6)38)17-23(36)18(2)26(33)19(3)28(40-25)32(24,27)7/h8-13,19,22-25,27-29,36,38H,1,14-17H2,2-7H3/t19-,22+,23-,24-,25+,27-,28?,29-,32+,33-,34-/m0/s1. The molecule has 6 rings (SSSR count). The molecule has 0 bridgehead atoms. The van der Waals surface area contributed by atoms with Gasteiger partial charge in [0, 0.05) is 30.1 Å². The van der Waals surface area contributed by atoms with Gasteiger partial charge in [0.2, 0.25) is 0 Å². The summed E-state index contributed by atoms with van der Waals surface area (Å²) in [6, 6.07) is 8.79. The highest BCUT2D eigenvalue weighted by atomic mass is 16.7. The summed E-state index contributed by atoms with van der Waals surface area (Å²) in [6.07, 6.45) is 0.661. The number of ether oxygens (including phenoxy) is 4. The second-order valence-electron chi connectivity index (χ2n) is 14.0. The molecule has 2 N–H and O–H groups in total. The van der Waals surface area contributed by atoms with Crippen molar-refractivity contribution >= 4 is 11.9 Å². The fourth-order valence-electron chi connectivity index (χ4n) is 9.89. The molecule has 1 unspecified atom stereocenters. The molecule has 8 nitrogen and oxygen atoms in total.